The molecule has 0 radical (unpaired) electrons. The van der Waals surface area contributed by atoms with Crippen LogP contribution < -0.4 is 38.9 Å². The van der Waals surface area contributed by atoms with E-state index in [9.17, 15) is 29.1 Å². The van der Waals surface area contributed by atoms with E-state index in [0.29, 0.717) is 12.1 Å². The Labute approximate surface area is 200 Å². The maximum absolute atomic E-state index is 12.7. The smallest absolute Gasteiger partial charge is 0.326 e. The number of nitrogens with one attached hydrogen (secondary N) is 4. The standard InChI is InChI=1S/C19H32N10O6/c1-9(27-16(32)11(20)3-2-4-25-19(22)23)15(31)28-12(5-10-7-24-8-26-10)17(33)29-13(18(34)35)6-14(21)30/h7-9,11-13H,2-6,20H2,1H3,(H2,21,30)(H,24,26)(H,27,32)(H,28,31)(H,29,33)(H,34,35)(H4,22,23,25). The lowest BCUT2D eigenvalue weighted by Gasteiger charge is -2.23. The van der Waals surface area contributed by atoms with Crippen molar-refractivity contribution in [3.05, 3.63) is 18.2 Å². The van der Waals surface area contributed by atoms with Crippen molar-refractivity contribution in [2.24, 2.45) is 27.9 Å². The van der Waals surface area contributed by atoms with Gasteiger partial charge in [0.05, 0.1) is 18.8 Å². The first kappa shape index (κ1) is 28.8. The van der Waals surface area contributed by atoms with Gasteiger partial charge in [-0.25, -0.2) is 9.78 Å². The number of hydrogen-bond donors (Lipinski definition) is 9. The Morgan fingerprint density at radius 1 is 1.06 bits per heavy atom. The number of imidazole rings is 1. The summed E-state index contributed by atoms with van der Waals surface area (Å²) in [6, 6.07) is -4.85. The molecular weight excluding hydrogens is 464 g/mol. The number of primary amides is 1. The van der Waals surface area contributed by atoms with E-state index in [1.165, 1.54) is 19.4 Å². The minimum absolute atomic E-state index is 0.0775. The lowest BCUT2D eigenvalue weighted by molar-refractivity contribution is -0.143. The molecule has 0 bridgehead atoms. The number of aliphatic carboxylic acids is 1. The van der Waals surface area contributed by atoms with E-state index in [2.05, 4.69) is 30.9 Å². The summed E-state index contributed by atoms with van der Waals surface area (Å²) in [6.07, 6.45) is 2.76. The molecule has 0 saturated heterocycles. The molecule has 1 rings (SSSR count). The average molecular weight is 497 g/mol. The highest BCUT2D eigenvalue weighted by Gasteiger charge is 2.30. The van der Waals surface area contributed by atoms with Gasteiger partial charge >= 0.3 is 5.97 Å². The van der Waals surface area contributed by atoms with Crippen molar-refractivity contribution in [2.45, 2.75) is 56.8 Å². The first-order valence-corrected chi connectivity index (χ1v) is 10.6. The zero-order valence-electron chi connectivity index (χ0n) is 19.2. The lowest BCUT2D eigenvalue weighted by atomic mass is 10.1. The number of nitrogens with two attached hydrogens (primary N) is 4. The highest BCUT2D eigenvalue weighted by molar-refractivity contribution is 5.94. The van der Waals surface area contributed by atoms with Gasteiger partial charge in [-0.1, -0.05) is 0 Å². The topological polar surface area (TPSA) is 287 Å². The van der Waals surface area contributed by atoms with Crippen LogP contribution in [0.2, 0.25) is 0 Å². The predicted octanol–water partition coefficient (Wildman–Crippen LogP) is -4.23. The van der Waals surface area contributed by atoms with E-state index in [1.807, 2.05) is 0 Å². The van der Waals surface area contributed by atoms with Crippen molar-refractivity contribution >= 4 is 35.6 Å². The first-order valence-electron chi connectivity index (χ1n) is 10.6. The number of carbonyl (C=O) groups is 5. The Hall–Kier alpha value is -4.21. The van der Waals surface area contributed by atoms with Gasteiger partial charge in [0.1, 0.15) is 18.1 Å². The fourth-order valence-corrected chi connectivity index (χ4v) is 2.83. The molecule has 4 unspecified atom stereocenters. The largest absolute Gasteiger partial charge is 0.480 e. The summed E-state index contributed by atoms with van der Waals surface area (Å²) in [5.74, 6) is -4.69. The number of aliphatic imine (C=N–C) groups is 1. The number of aromatic amines is 1. The fourth-order valence-electron chi connectivity index (χ4n) is 2.83. The minimum Gasteiger partial charge on any atom is -0.480 e. The molecule has 0 aliphatic heterocycles. The summed E-state index contributed by atoms with van der Waals surface area (Å²) in [5.41, 5.74) is 21.8. The number of nitrogens with zero attached hydrogens (tertiary/aromatic N) is 2. The molecule has 13 N–H and O–H groups in total. The van der Waals surface area contributed by atoms with Crippen LogP contribution in [0.3, 0.4) is 0 Å². The summed E-state index contributed by atoms with van der Waals surface area (Å²) in [5, 5.41) is 16.3. The van der Waals surface area contributed by atoms with Crippen LogP contribution in [0.5, 0.6) is 0 Å². The number of H-pyrrole nitrogens is 1. The number of hydrogen-bond acceptors (Lipinski definition) is 8. The Bertz CT molecular complexity index is 915. The minimum atomic E-state index is -1.59. The summed E-state index contributed by atoms with van der Waals surface area (Å²) in [4.78, 5) is 70.5. The number of rotatable bonds is 15. The van der Waals surface area contributed by atoms with Gasteiger partial charge in [-0.05, 0) is 19.8 Å². The molecule has 4 atom stereocenters. The third-order valence-electron chi connectivity index (χ3n) is 4.69. The van der Waals surface area contributed by atoms with E-state index in [-0.39, 0.29) is 25.3 Å². The normalized spacial score (nSPS) is 14.0. The van der Waals surface area contributed by atoms with E-state index >= 15 is 0 Å². The first-order chi connectivity index (χ1) is 16.4. The molecule has 194 valence electrons. The molecule has 1 aromatic heterocycles. The van der Waals surface area contributed by atoms with Crippen LogP contribution in [-0.2, 0) is 30.4 Å². The van der Waals surface area contributed by atoms with E-state index in [1.54, 1.807) is 0 Å². The fraction of sp³-hybridized carbons (Fsp3) is 0.526. The zero-order valence-corrected chi connectivity index (χ0v) is 19.2. The monoisotopic (exact) mass is 496 g/mol. The molecule has 1 heterocycles. The van der Waals surface area contributed by atoms with Crippen LogP contribution in [-0.4, -0.2) is 81.3 Å². The van der Waals surface area contributed by atoms with Crippen LogP contribution in [0.4, 0.5) is 0 Å². The molecular formula is C19H32N10O6. The summed E-state index contributed by atoms with van der Waals surface area (Å²) in [7, 11) is 0. The quantitative estimate of drug-likeness (QED) is 0.0640. The van der Waals surface area contributed by atoms with Crippen molar-refractivity contribution in [1.29, 1.82) is 0 Å². The van der Waals surface area contributed by atoms with Gasteiger partial charge in [0.25, 0.3) is 0 Å². The van der Waals surface area contributed by atoms with Crippen molar-refractivity contribution in [3.8, 4) is 0 Å². The molecule has 0 fully saturated rings. The lowest BCUT2D eigenvalue weighted by Crippen LogP contribution is -2.57. The SMILES string of the molecule is CC(NC(=O)C(N)CCCN=C(N)N)C(=O)NC(Cc1cnc[nH]1)C(=O)NC(CC(N)=O)C(=O)O. The second-order valence-electron chi connectivity index (χ2n) is 7.70. The third-order valence-corrected chi connectivity index (χ3v) is 4.69. The van der Waals surface area contributed by atoms with Gasteiger partial charge in [0.2, 0.25) is 23.6 Å². The van der Waals surface area contributed by atoms with E-state index in [0.717, 1.165) is 0 Å². The Morgan fingerprint density at radius 2 is 1.71 bits per heavy atom. The predicted molar refractivity (Wildman–Crippen MR) is 123 cm³/mol. The molecule has 35 heavy (non-hydrogen) atoms. The second-order valence-corrected chi connectivity index (χ2v) is 7.70. The van der Waals surface area contributed by atoms with E-state index in [4.69, 9.17) is 22.9 Å². The summed E-state index contributed by atoms with van der Waals surface area (Å²) >= 11 is 0. The summed E-state index contributed by atoms with van der Waals surface area (Å²) in [6.45, 7) is 1.68. The molecule has 4 amide bonds. The van der Waals surface area contributed by atoms with Gasteiger partial charge in [-0.15, -0.1) is 0 Å². The van der Waals surface area contributed by atoms with Crippen LogP contribution in [0.15, 0.2) is 17.5 Å². The molecule has 0 aliphatic rings. The Balaban J connectivity index is 2.79. The molecule has 0 aliphatic carbocycles. The maximum atomic E-state index is 12.7. The highest BCUT2D eigenvalue weighted by atomic mass is 16.4. The number of amides is 4. The molecule has 0 saturated carbocycles. The van der Waals surface area contributed by atoms with Gasteiger partial charge in [0, 0.05) is 24.9 Å². The Morgan fingerprint density at radius 3 is 2.26 bits per heavy atom. The van der Waals surface area contributed by atoms with Gasteiger partial charge < -0.3 is 49.0 Å². The van der Waals surface area contributed by atoms with Crippen molar-refractivity contribution in [2.75, 3.05) is 6.54 Å². The molecule has 16 heteroatoms. The summed E-state index contributed by atoms with van der Waals surface area (Å²) < 4.78 is 0. The molecule has 0 aromatic carbocycles. The van der Waals surface area contributed by atoms with Crippen LogP contribution in [0.25, 0.3) is 0 Å². The number of carboxylic acids is 1. The second kappa shape index (κ2) is 14.1. The Kier molecular flexibility index (Phi) is 11.6. The van der Waals surface area contributed by atoms with Gasteiger partial charge in [-0.2, -0.15) is 0 Å². The van der Waals surface area contributed by atoms with Crippen LogP contribution >= 0.6 is 0 Å². The van der Waals surface area contributed by atoms with Crippen molar-refractivity contribution in [3.63, 3.8) is 0 Å². The van der Waals surface area contributed by atoms with Gasteiger partial charge in [-0.3, -0.25) is 24.2 Å². The average Bonchev–Trinajstić information content (AvgIpc) is 3.27. The van der Waals surface area contributed by atoms with Crippen molar-refractivity contribution < 1.29 is 29.1 Å². The highest BCUT2D eigenvalue weighted by Crippen LogP contribution is 2.03. The molecule has 16 nitrogen and oxygen atoms in total. The maximum Gasteiger partial charge on any atom is 0.326 e. The third kappa shape index (κ3) is 11.0. The van der Waals surface area contributed by atoms with Crippen molar-refractivity contribution in [1.82, 2.24) is 25.9 Å². The number of carboxylic acid groups (broad SMARTS) is 1. The van der Waals surface area contributed by atoms with Crippen LogP contribution in [0.1, 0.15) is 31.9 Å². The van der Waals surface area contributed by atoms with E-state index < -0.39 is 60.2 Å². The van der Waals surface area contributed by atoms with Gasteiger partial charge in [0.15, 0.2) is 5.96 Å². The molecule has 0 spiro atoms. The number of guanidine groups is 1. The zero-order chi connectivity index (χ0) is 26.5. The van der Waals surface area contributed by atoms with Crippen LogP contribution in [0, 0.1) is 0 Å². The number of carbonyl (C=O) groups excluding carboxylic acids is 4. The molecule has 1 aromatic rings. The number of aromatic nitrogens is 2.